The molecule has 1 amide bonds. The van der Waals surface area contributed by atoms with Crippen LogP contribution in [0.5, 0.6) is 0 Å². The predicted octanol–water partition coefficient (Wildman–Crippen LogP) is 3.66. The Balaban J connectivity index is 1.80. The molecule has 2 aromatic rings. The molecule has 2 unspecified atom stereocenters. The van der Waals surface area contributed by atoms with Gasteiger partial charge in [-0.25, -0.2) is 9.78 Å². The third-order valence-electron chi connectivity index (χ3n) is 8.23. The first-order chi connectivity index (χ1) is 15.2. The number of rotatable bonds is 2. The Morgan fingerprint density at radius 1 is 1.12 bits per heavy atom. The molecule has 6 nitrogen and oxygen atoms in total. The van der Waals surface area contributed by atoms with Crippen LogP contribution >= 0.6 is 0 Å². The summed E-state index contributed by atoms with van der Waals surface area (Å²) in [5.74, 6) is -1.92. The van der Waals surface area contributed by atoms with Gasteiger partial charge in [-0.05, 0) is 68.4 Å². The average Bonchev–Trinajstić information content (AvgIpc) is 3.16. The molecule has 4 heterocycles. The van der Waals surface area contributed by atoms with Crippen molar-refractivity contribution in [2.75, 3.05) is 6.61 Å². The molecule has 3 aliphatic heterocycles. The van der Waals surface area contributed by atoms with Gasteiger partial charge in [0.1, 0.15) is 6.61 Å². The molecular weight excluding hydrogens is 404 g/mol. The van der Waals surface area contributed by atoms with Crippen LogP contribution in [-0.4, -0.2) is 39.1 Å². The van der Waals surface area contributed by atoms with Crippen molar-refractivity contribution in [2.24, 2.45) is 11.8 Å². The van der Waals surface area contributed by atoms with Crippen molar-refractivity contribution in [2.45, 2.75) is 66.5 Å². The summed E-state index contributed by atoms with van der Waals surface area (Å²) in [6.45, 7) is 12.9. The van der Waals surface area contributed by atoms with Crippen molar-refractivity contribution in [3.63, 3.8) is 0 Å². The van der Waals surface area contributed by atoms with E-state index in [1.54, 1.807) is 11.8 Å². The number of cyclic esters (lactones) is 1. The summed E-state index contributed by atoms with van der Waals surface area (Å²) in [6, 6.07) is 0. The Hall–Kier alpha value is -2.73. The lowest BCUT2D eigenvalue weighted by molar-refractivity contribution is -0.190. The monoisotopic (exact) mass is 434 g/mol. The van der Waals surface area contributed by atoms with Gasteiger partial charge in [-0.2, -0.15) is 0 Å². The fourth-order valence-corrected chi connectivity index (χ4v) is 5.88. The first kappa shape index (κ1) is 21.1. The molecular formula is C26H30N2O4. The average molecular weight is 435 g/mol. The predicted molar refractivity (Wildman–Crippen MR) is 122 cm³/mol. The number of pyridine rings is 1. The van der Waals surface area contributed by atoms with Crippen LogP contribution in [0.4, 0.5) is 0 Å². The maximum atomic E-state index is 13.5. The molecule has 3 aliphatic rings. The van der Waals surface area contributed by atoms with E-state index in [2.05, 4.69) is 34.6 Å². The number of carbonyl (C=O) groups is 2. The standard InChI is InChI=1S/C26H30N2O4/c1-7-16-17-10-28-20(9-19-18(24(28)29)11-32-25(30)26(19,31)8-2)23(17)27-22-15(6)13(4)12(3)14(5)21(16)22/h9,18-19,31H,7-8,10-11H2,1-6H3/t18?,19?,26-/m0/s1. The lowest BCUT2D eigenvalue weighted by Gasteiger charge is -2.44. The number of hydrogen-bond donors (Lipinski definition) is 1. The summed E-state index contributed by atoms with van der Waals surface area (Å²) in [4.78, 5) is 32.8. The summed E-state index contributed by atoms with van der Waals surface area (Å²) in [6.07, 6.45) is 2.94. The van der Waals surface area contributed by atoms with Crippen molar-refractivity contribution in [3.8, 4) is 0 Å². The summed E-state index contributed by atoms with van der Waals surface area (Å²) in [7, 11) is 0. The molecule has 1 N–H and O–H groups in total. The molecule has 0 radical (unpaired) electrons. The number of benzene rings is 1. The van der Waals surface area contributed by atoms with E-state index in [1.165, 1.54) is 27.6 Å². The number of aryl methyl sites for hydroxylation is 3. The fraction of sp³-hybridized carbons (Fsp3) is 0.500. The molecule has 32 heavy (non-hydrogen) atoms. The zero-order valence-corrected chi connectivity index (χ0v) is 19.6. The van der Waals surface area contributed by atoms with Crippen LogP contribution in [0, 0.1) is 39.5 Å². The van der Waals surface area contributed by atoms with Crippen molar-refractivity contribution < 1.29 is 19.4 Å². The van der Waals surface area contributed by atoms with E-state index in [4.69, 9.17) is 9.72 Å². The summed E-state index contributed by atoms with van der Waals surface area (Å²) in [5.41, 5.74) is 8.06. The van der Waals surface area contributed by atoms with Crippen LogP contribution in [0.1, 0.15) is 59.3 Å². The third-order valence-corrected chi connectivity index (χ3v) is 8.23. The van der Waals surface area contributed by atoms with Gasteiger partial charge in [0, 0.05) is 16.9 Å². The van der Waals surface area contributed by atoms with E-state index >= 15 is 0 Å². The number of fused-ring (bicyclic) bond motifs is 5. The molecule has 1 aromatic carbocycles. The maximum absolute atomic E-state index is 13.5. The third kappa shape index (κ3) is 2.47. The number of carbonyl (C=O) groups excluding carboxylic acids is 2. The molecule has 0 spiro atoms. The second kappa shape index (κ2) is 6.88. The molecule has 0 saturated carbocycles. The SMILES string of the molecule is CCc1c2c(nc3c(C)c(C)c(C)c(C)c13)C1=CC3C(COC(=O)[C@]3(O)CC)C(=O)N1C2. The van der Waals surface area contributed by atoms with Gasteiger partial charge in [0.2, 0.25) is 5.91 Å². The van der Waals surface area contributed by atoms with Crippen LogP contribution in [0.15, 0.2) is 6.08 Å². The van der Waals surface area contributed by atoms with Crippen LogP contribution < -0.4 is 0 Å². The molecule has 1 fully saturated rings. The Labute approximate surface area is 188 Å². The highest BCUT2D eigenvalue weighted by Gasteiger charge is 2.56. The van der Waals surface area contributed by atoms with Crippen molar-refractivity contribution in [1.82, 2.24) is 9.88 Å². The van der Waals surface area contributed by atoms with Gasteiger partial charge in [-0.15, -0.1) is 0 Å². The molecule has 3 atom stereocenters. The van der Waals surface area contributed by atoms with Crippen LogP contribution in [0.25, 0.3) is 16.6 Å². The van der Waals surface area contributed by atoms with Gasteiger partial charge >= 0.3 is 5.97 Å². The quantitative estimate of drug-likeness (QED) is 0.730. The van der Waals surface area contributed by atoms with Gasteiger partial charge in [0.15, 0.2) is 5.60 Å². The summed E-state index contributed by atoms with van der Waals surface area (Å²) < 4.78 is 5.23. The number of aliphatic hydroxyl groups is 1. The fourth-order valence-electron chi connectivity index (χ4n) is 5.88. The smallest absolute Gasteiger partial charge is 0.338 e. The number of hydrogen-bond acceptors (Lipinski definition) is 5. The number of aromatic nitrogens is 1. The highest BCUT2D eigenvalue weighted by atomic mass is 16.6. The highest BCUT2D eigenvalue weighted by molar-refractivity contribution is 5.99. The lowest BCUT2D eigenvalue weighted by Crippen LogP contribution is -2.58. The van der Waals surface area contributed by atoms with Gasteiger partial charge in [0.05, 0.1) is 29.4 Å². The Kier molecular flexibility index (Phi) is 4.55. The van der Waals surface area contributed by atoms with Crippen LogP contribution in [0.2, 0.25) is 0 Å². The topological polar surface area (TPSA) is 79.7 Å². The zero-order chi connectivity index (χ0) is 23.1. The largest absolute Gasteiger partial charge is 0.463 e. The van der Waals surface area contributed by atoms with E-state index in [9.17, 15) is 14.7 Å². The normalized spacial score (nSPS) is 26.6. The van der Waals surface area contributed by atoms with Gasteiger partial charge < -0.3 is 14.7 Å². The molecule has 168 valence electrons. The second-order valence-corrected chi connectivity index (χ2v) is 9.48. The number of amides is 1. The molecule has 1 aromatic heterocycles. The number of esters is 1. The van der Waals surface area contributed by atoms with E-state index in [-0.39, 0.29) is 18.9 Å². The van der Waals surface area contributed by atoms with Gasteiger partial charge in [-0.1, -0.05) is 19.9 Å². The minimum Gasteiger partial charge on any atom is -0.463 e. The van der Waals surface area contributed by atoms with E-state index in [1.807, 2.05) is 6.08 Å². The summed E-state index contributed by atoms with van der Waals surface area (Å²) in [5, 5.41) is 12.3. The molecule has 0 aliphatic carbocycles. The zero-order valence-electron chi connectivity index (χ0n) is 19.6. The highest BCUT2D eigenvalue weighted by Crippen LogP contribution is 2.47. The van der Waals surface area contributed by atoms with E-state index in [0.29, 0.717) is 6.54 Å². The Bertz CT molecular complexity index is 1240. The van der Waals surface area contributed by atoms with Crippen LogP contribution in [-0.2, 0) is 27.3 Å². The second-order valence-electron chi connectivity index (χ2n) is 9.48. The van der Waals surface area contributed by atoms with Crippen LogP contribution in [0.3, 0.4) is 0 Å². The van der Waals surface area contributed by atoms with E-state index in [0.717, 1.165) is 34.5 Å². The maximum Gasteiger partial charge on any atom is 0.338 e. The number of nitrogens with zero attached hydrogens (tertiary/aromatic N) is 2. The molecule has 6 heteroatoms. The minimum absolute atomic E-state index is 0.00785. The minimum atomic E-state index is -1.69. The molecule has 5 rings (SSSR count). The first-order valence-corrected chi connectivity index (χ1v) is 11.5. The first-order valence-electron chi connectivity index (χ1n) is 11.5. The lowest BCUT2D eigenvalue weighted by atomic mass is 9.72. The number of ether oxygens (including phenoxy) is 1. The Morgan fingerprint density at radius 3 is 2.47 bits per heavy atom. The van der Waals surface area contributed by atoms with Crippen molar-refractivity contribution >= 4 is 28.5 Å². The van der Waals surface area contributed by atoms with Crippen molar-refractivity contribution in [3.05, 3.63) is 45.2 Å². The Morgan fingerprint density at radius 2 is 1.81 bits per heavy atom. The van der Waals surface area contributed by atoms with Gasteiger partial charge in [0.25, 0.3) is 0 Å². The summed E-state index contributed by atoms with van der Waals surface area (Å²) >= 11 is 0. The van der Waals surface area contributed by atoms with E-state index < -0.39 is 23.4 Å². The van der Waals surface area contributed by atoms with Crippen molar-refractivity contribution in [1.29, 1.82) is 0 Å². The molecule has 1 saturated heterocycles. The van der Waals surface area contributed by atoms with Gasteiger partial charge in [-0.3, -0.25) is 4.79 Å². The molecule has 0 bridgehead atoms.